The Kier molecular flexibility index (Phi) is 14.7. The van der Waals surface area contributed by atoms with E-state index in [-0.39, 0.29) is 0 Å². The molecular formula is C14H29S. The zero-order valence-corrected chi connectivity index (χ0v) is 11.4. The molecular weight excluding hydrogens is 200 g/mol. The first-order chi connectivity index (χ1) is 7.41. The topological polar surface area (TPSA) is 0 Å². The summed E-state index contributed by atoms with van der Waals surface area (Å²) in [5.74, 6) is 2.36. The second-order valence-electron chi connectivity index (χ2n) is 4.29. The minimum absolute atomic E-state index is 1.04. The van der Waals surface area contributed by atoms with E-state index in [0.717, 1.165) is 5.75 Å². The summed E-state index contributed by atoms with van der Waals surface area (Å²) in [6.07, 6.45) is 14.4. The van der Waals surface area contributed by atoms with Crippen molar-refractivity contribution < 1.29 is 0 Å². The van der Waals surface area contributed by atoms with E-state index in [1.54, 1.807) is 0 Å². The molecule has 0 aliphatic rings. The molecule has 0 aliphatic heterocycles. The van der Waals surface area contributed by atoms with E-state index in [2.05, 4.69) is 13.8 Å². The average molecular weight is 229 g/mol. The third-order valence-electron chi connectivity index (χ3n) is 2.79. The van der Waals surface area contributed by atoms with Crippen molar-refractivity contribution in [2.24, 2.45) is 0 Å². The summed E-state index contributed by atoms with van der Waals surface area (Å²) in [6.45, 7) is 6.11. The van der Waals surface area contributed by atoms with Gasteiger partial charge in [0.25, 0.3) is 0 Å². The van der Waals surface area contributed by atoms with E-state index < -0.39 is 0 Å². The van der Waals surface area contributed by atoms with Crippen molar-refractivity contribution in [3.8, 4) is 0 Å². The van der Waals surface area contributed by atoms with Crippen molar-refractivity contribution in [2.75, 3.05) is 11.5 Å². The van der Waals surface area contributed by atoms with Crippen molar-refractivity contribution in [1.82, 2.24) is 0 Å². The Morgan fingerprint density at radius 2 is 1.20 bits per heavy atom. The Labute approximate surface area is 102 Å². The number of unbranched alkanes of at least 4 members (excludes halogenated alkanes) is 9. The quantitative estimate of drug-likeness (QED) is 0.400. The second-order valence-corrected chi connectivity index (χ2v) is 5.52. The summed E-state index contributed by atoms with van der Waals surface area (Å²) in [5, 5.41) is 0. The van der Waals surface area contributed by atoms with Crippen molar-refractivity contribution in [1.29, 1.82) is 0 Å². The third kappa shape index (κ3) is 14.4. The molecule has 0 aromatic rings. The molecule has 0 rings (SSSR count). The summed E-state index contributed by atoms with van der Waals surface area (Å²) in [7, 11) is 0. The molecule has 0 aromatic heterocycles. The highest BCUT2D eigenvalue weighted by atomic mass is 32.2. The normalized spacial score (nSPS) is 10.8. The lowest BCUT2D eigenvalue weighted by Crippen LogP contribution is -1.84. The standard InChI is InChI=1S/C14H29S/c1-3-5-6-7-8-9-10-11-12-13-14-15-4-2/h2-14H2,1H3. The molecule has 0 nitrogen and oxygen atoms in total. The van der Waals surface area contributed by atoms with Crippen LogP contribution in [0.25, 0.3) is 0 Å². The van der Waals surface area contributed by atoms with Gasteiger partial charge in [0.05, 0.1) is 0 Å². The maximum Gasteiger partial charge on any atom is -0.00672 e. The first kappa shape index (κ1) is 15.3. The van der Waals surface area contributed by atoms with Crippen molar-refractivity contribution in [2.45, 2.75) is 71.1 Å². The maximum absolute atomic E-state index is 3.83. The highest BCUT2D eigenvalue weighted by Crippen LogP contribution is 2.11. The molecule has 0 heterocycles. The molecule has 0 saturated heterocycles. The predicted molar refractivity (Wildman–Crippen MR) is 74.5 cm³/mol. The molecule has 1 heteroatoms. The maximum atomic E-state index is 3.83. The van der Waals surface area contributed by atoms with Gasteiger partial charge in [-0.15, -0.1) is 0 Å². The number of hydrogen-bond donors (Lipinski definition) is 0. The Balaban J connectivity index is 2.81. The molecule has 0 spiro atoms. The summed E-state index contributed by atoms with van der Waals surface area (Å²) in [5.41, 5.74) is 0. The van der Waals surface area contributed by atoms with E-state index >= 15 is 0 Å². The van der Waals surface area contributed by atoms with Gasteiger partial charge in [0, 0.05) is 0 Å². The molecule has 91 valence electrons. The molecule has 0 unspecified atom stereocenters. The van der Waals surface area contributed by atoms with E-state index in [9.17, 15) is 0 Å². The van der Waals surface area contributed by atoms with Gasteiger partial charge in [-0.1, -0.05) is 64.7 Å². The lowest BCUT2D eigenvalue weighted by atomic mass is 10.1. The van der Waals surface area contributed by atoms with Crippen molar-refractivity contribution in [3.05, 3.63) is 6.92 Å². The van der Waals surface area contributed by atoms with Crippen molar-refractivity contribution >= 4 is 11.8 Å². The zero-order chi connectivity index (χ0) is 11.2. The van der Waals surface area contributed by atoms with Gasteiger partial charge in [0.1, 0.15) is 0 Å². The first-order valence-electron chi connectivity index (χ1n) is 6.78. The van der Waals surface area contributed by atoms with Crippen LogP contribution in [-0.4, -0.2) is 11.5 Å². The smallest absolute Gasteiger partial charge is 0.00672 e. The van der Waals surface area contributed by atoms with Gasteiger partial charge >= 0.3 is 0 Å². The third-order valence-corrected chi connectivity index (χ3v) is 3.65. The molecule has 0 fully saturated rings. The predicted octanol–water partition coefficient (Wildman–Crippen LogP) is 5.47. The summed E-state index contributed by atoms with van der Waals surface area (Å²) < 4.78 is 0. The van der Waals surface area contributed by atoms with Crippen LogP contribution in [0.3, 0.4) is 0 Å². The lowest BCUT2D eigenvalue weighted by molar-refractivity contribution is 0.563. The summed E-state index contributed by atoms with van der Waals surface area (Å²) >= 11 is 1.97. The first-order valence-corrected chi connectivity index (χ1v) is 7.94. The van der Waals surface area contributed by atoms with E-state index in [0.29, 0.717) is 0 Å². The van der Waals surface area contributed by atoms with Gasteiger partial charge in [-0.05, 0) is 24.9 Å². The van der Waals surface area contributed by atoms with Crippen LogP contribution < -0.4 is 0 Å². The molecule has 1 radical (unpaired) electrons. The number of rotatable bonds is 12. The minimum atomic E-state index is 1.04. The molecule has 0 amide bonds. The number of hydrogen-bond acceptors (Lipinski definition) is 1. The van der Waals surface area contributed by atoms with Crippen LogP contribution in [0.5, 0.6) is 0 Å². The van der Waals surface area contributed by atoms with Gasteiger partial charge in [0.15, 0.2) is 0 Å². The van der Waals surface area contributed by atoms with Crippen LogP contribution in [0.15, 0.2) is 0 Å². The molecule has 0 aliphatic carbocycles. The van der Waals surface area contributed by atoms with Gasteiger partial charge in [-0.2, -0.15) is 11.8 Å². The van der Waals surface area contributed by atoms with Crippen LogP contribution in [0.4, 0.5) is 0 Å². The molecule has 0 atom stereocenters. The lowest BCUT2D eigenvalue weighted by Gasteiger charge is -2.01. The Morgan fingerprint density at radius 3 is 1.67 bits per heavy atom. The van der Waals surface area contributed by atoms with Gasteiger partial charge in [-0.3, -0.25) is 0 Å². The Morgan fingerprint density at radius 1 is 0.733 bits per heavy atom. The molecule has 0 saturated carbocycles. The van der Waals surface area contributed by atoms with Gasteiger partial charge < -0.3 is 0 Å². The van der Waals surface area contributed by atoms with Crippen LogP contribution in [0.1, 0.15) is 71.1 Å². The average Bonchev–Trinajstić information content (AvgIpc) is 2.26. The van der Waals surface area contributed by atoms with Gasteiger partial charge in [0.2, 0.25) is 0 Å². The molecule has 0 N–H and O–H groups in total. The molecule has 0 bridgehead atoms. The zero-order valence-electron chi connectivity index (χ0n) is 10.6. The van der Waals surface area contributed by atoms with Crippen LogP contribution in [-0.2, 0) is 0 Å². The molecule has 15 heavy (non-hydrogen) atoms. The largest absolute Gasteiger partial charge is 0.162 e. The fraction of sp³-hybridized carbons (Fsp3) is 0.929. The second kappa shape index (κ2) is 14.3. The van der Waals surface area contributed by atoms with E-state index in [4.69, 9.17) is 0 Å². The number of thioether (sulfide) groups is 1. The van der Waals surface area contributed by atoms with Crippen LogP contribution in [0, 0.1) is 6.92 Å². The van der Waals surface area contributed by atoms with E-state index in [1.807, 2.05) is 11.8 Å². The van der Waals surface area contributed by atoms with E-state index in [1.165, 1.54) is 70.0 Å². The van der Waals surface area contributed by atoms with Crippen LogP contribution in [0.2, 0.25) is 0 Å². The fourth-order valence-electron chi connectivity index (χ4n) is 1.79. The molecule has 0 aromatic carbocycles. The summed E-state index contributed by atoms with van der Waals surface area (Å²) in [6, 6.07) is 0. The van der Waals surface area contributed by atoms with Gasteiger partial charge in [-0.25, -0.2) is 0 Å². The highest BCUT2D eigenvalue weighted by molar-refractivity contribution is 7.99. The highest BCUT2D eigenvalue weighted by Gasteiger charge is 1.92. The fourth-order valence-corrected chi connectivity index (χ4v) is 2.41. The summed E-state index contributed by atoms with van der Waals surface area (Å²) in [4.78, 5) is 0. The van der Waals surface area contributed by atoms with Crippen molar-refractivity contribution in [3.63, 3.8) is 0 Å². The SMILES string of the molecule is [CH2]CSCCCCCCCCCCCC. The minimum Gasteiger partial charge on any atom is -0.162 e. The van der Waals surface area contributed by atoms with Crippen LogP contribution >= 0.6 is 11.8 Å². The monoisotopic (exact) mass is 229 g/mol. The Hall–Kier alpha value is 0.350. The Bertz CT molecular complexity index is 89.5.